The summed E-state index contributed by atoms with van der Waals surface area (Å²) in [6.07, 6.45) is 0. The predicted octanol–water partition coefficient (Wildman–Crippen LogP) is 3.94. The maximum Gasteiger partial charge on any atom is 0.242 e. The molecule has 0 saturated carbocycles. The van der Waals surface area contributed by atoms with Crippen LogP contribution < -0.4 is 15.4 Å². The second kappa shape index (κ2) is 6.80. The van der Waals surface area contributed by atoms with Crippen LogP contribution in [0.5, 0.6) is 5.75 Å². The van der Waals surface area contributed by atoms with E-state index in [1.807, 2.05) is 39.8 Å². The third-order valence-electron chi connectivity index (χ3n) is 2.50. The topological polar surface area (TPSA) is 50.4 Å². The number of ether oxygens (including phenoxy) is 1. The van der Waals surface area contributed by atoms with Crippen molar-refractivity contribution in [1.29, 1.82) is 0 Å². The van der Waals surface area contributed by atoms with E-state index in [1.165, 1.54) is 0 Å². The van der Waals surface area contributed by atoms with E-state index in [9.17, 15) is 4.79 Å². The number of hydrogen-bond donors (Lipinski definition) is 2. The zero-order chi connectivity index (χ0) is 15.5. The van der Waals surface area contributed by atoms with E-state index in [1.54, 1.807) is 7.11 Å². The monoisotopic (exact) mass is 406 g/mol. The van der Waals surface area contributed by atoms with Crippen molar-refractivity contribution < 1.29 is 9.53 Å². The summed E-state index contributed by atoms with van der Waals surface area (Å²) < 4.78 is 6.97. The first-order valence-electron chi connectivity index (χ1n) is 6.25. The van der Waals surface area contributed by atoms with Crippen molar-refractivity contribution in [1.82, 2.24) is 5.32 Å². The summed E-state index contributed by atoms with van der Waals surface area (Å²) in [7, 11) is 1.60. The van der Waals surface area contributed by atoms with Gasteiger partial charge in [0.05, 0.1) is 17.3 Å². The largest absolute Gasteiger partial charge is 0.495 e. The maximum absolute atomic E-state index is 12.1. The molecule has 0 spiro atoms. The molecule has 0 bridgehead atoms. The number of nitrogens with one attached hydrogen (secondary N) is 2. The van der Waals surface area contributed by atoms with E-state index < -0.39 is 0 Å². The predicted molar refractivity (Wildman–Crippen MR) is 89.4 cm³/mol. The Balaban J connectivity index is 2.85. The quantitative estimate of drug-likeness (QED) is 0.794. The van der Waals surface area contributed by atoms with Gasteiger partial charge in [-0.3, -0.25) is 4.79 Å². The third-order valence-corrected chi connectivity index (χ3v) is 3.78. The number of anilines is 1. The minimum atomic E-state index is -0.351. The second-order valence-corrected chi connectivity index (χ2v) is 7.28. The molecule has 0 aliphatic heterocycles. The molecular weight excluding hydrogens is 388 g/mol. The highest BCUT2D eigenvalue weighted by atomic mass is 79.9. The highest BCUT2D eigenvalue weighted by molar-refractivity contribution is 9.11. The number of halogens is 2. The summed E-state index contributed by atoms with van der Waals surface area (Å²) in [5, 5.41) is 6.12. The molecule has 0 heterocycles. The number of rotatable bonds is 4. The van der Waals surface area contributed by atoms with Gasteiger partial charge in [0.25, 0.3) is 0 Å². The normalized spacial score (nSPS) is 12.8. The molecule has 20 heavy (non-hydrogen) atoms. The fourth-order valence-electron chi connectivity index (χ4n) is 1.57. The van der Waals surface area contributed by atoms with Crippen LogP contribution in [0.15, 0.2) is 21.1 Å². The molecule has 0 aromatic heterocycles. The molecule has 2 N–H and O–H groups in total. The lowest BCUT2D eigenvalue weighted by atomic mass is 10.1. The zero-order valence-electron chi connectivity index (χ0n) is 12.3. The highest BCUT2D eigenvalue weighted by Gasteiger charge is 2.20. The second-order valence-electron chi connectivity index (χ2n) is 5.57. The Morgan fingerprint density at radius 2 is 1.85 bits per heavy atom. The van der Waals surface area contributed by atoms with Crippen molar-refractivity contribution >= 4 is 43.5 Å². The van der Waals surface area contributed by atoms with Crippen LogP contribution in [0.25, 0.3) is 0 Å². The number of carbonyl (C=O) groups is 1. The Morgan fingerprint density at radius 3 is 2.35 bits per heavy atom. The van der Waals surface area contributed by atoms with Gasteiger partial charge >= 0.3 is 0 Å². The number of hydrogen-bond acceptors (Lipinski definition) is 3. The van der Waals surface area contributed by atoms with E-state index in [2.05, 4.69) is 42.5 Å². The van der Waals surface area contributed by atoms with Gasteiger partial charge in [-0.2, -0.15) is 0 Å². The van der Waals surface area contributed by atoms with Crippen LogP contribution in [0.1, 0.15) is 27.7 Å². The van der Waals surface area contributed by atoms with Crippen LogP contribution in [-0.2, 0) is 4.79 Å². The molecule has 112 valence electrons. The first-order chi connectivity index (χ1) is 9.14. The molecule has 1 atom stereocenters. The van der Waals surface area contributed by atoms with Gasteiger partial charge in [-0.15, -0.1) is 0 Å². The van der Waals surface area contributed by atoms with Crippen molar-refractivity contribution in [2.24, 2.45) is 0 Å². The molecule has 4 nitrogen and oxygen atoms in total. The molecule has 1 aromatic rings. The number of benzene rings is 1. The molecule has 0 fully saturated rings. The van der Waals surface area contributed by atoms with Gasteiger partial charge in [0.1, 0.15) is 11.8 Å². The van der Waals surface area contributed by atoms with Gasteiger partial charge in [0.15, 0.2) is 0 Å². The van der Waals surface area contributed by atoms with E-state index in [-0.39, 0.29) is 17.5 Å². The Kier molecular flexibility index (Phi) is 5.89. The van der Waals surface area contributed by atoms with Crippen molar-refractivity contribution in [3.63, 3.8) is 0 Å². The minimum Gasteiger partial charge on any atom is -0.495 e. The van der Waals surface area contributed by atoms with E-state index in [0.29, 0.717) is 5.75 Å². The van der Waals surface area contributed by atoms with Gasteiger partial charge < -0.3 is 15.4 Å². The molecule has 1 rings (SSSR count). The van der Waals surface area contributed by atoms with Crippen LogP contribution in [0.2, 0.25) is 0 Å². The zero-order valence-corrected chi connectivity index (χ0v) is 15.5. The molecular formula is C14H20Br2N2O2. The SMILES string of the molecule is COc1cc(NC(C)C(=O)NC(C)(C)C)c(Br)cc1Br. The fourth-order valence-corrected chi connectivity index (χ4v) is 2.84. The Labute approximate surface area is 136 Å². The summed E-state index contributed by atoms with van der Waals surface area (Å²) in [5.41, 5.74) is 0.559. The molecule has 1 amide bonds. The number of amides is 1. The Bertz CT molecular complexity index is 499. The summed E-state index contributed by atoms with van der Waals surface area (Å²) in [6.45, 7) is 7.69. The van der Waals surface area contributed by atoms with Crippen LogP contribution in [0.4, 0.5) is 5.69 Å². The smallest absolute Gasteiger partial charge is 0.242 e. The molecule has 0 radical (unpaired) electrons. The lowest BCUT2D eigenvalue weighted by Gasteiger charge is -2.24. The van der Waals surface area contributed by atoms with Crippen molar-refractivity contribution in [3.05, 3.63) is 21.1 Å². The molecule has 1 unspecified atom stereocenters. The average Bonchev–Trinajstić information content (AvgIpc) is 2.30. The van der Waals surface area contributed by atoms with E-state index in [0.717, 1.165) is 14.6 Å². The molecule has 0 aliphatic carbocycles. The highest BCUT2D eigenvalue weighted by Crippen LogP contribution is 2.34. The van der Waals surface area contributed by atoms with Gasteiger partial charge in [0, 0.05) is 16.1 Å². The van der Waals surface area contributed by atoms with Crippen LogP contribution in [0, 0.1) is 0 Å². The van der Waals surface area contributed by atoms with Crippen molar-refractivity contribution in [3.8, 4) is 5.75 Å². The molecule has 0 aliphatic rings. The van der Waals surface area contributed by atoms with Crippen molar-refractivity contribution in [2.75, 3.05) is 12.4 Å². The van der Waals surface area contributed by atoms with E-state index in [4.69, 9.17) is 4.74 Å². The van der Waals surface area contributed by atoms with Crippen LogP contribution in [0.3, 0.4) is 0 Å². The molecule has 1 aromatic carbocycles. The summed E-state index contributed by atoms with van der Waals surface area (Å²) in [5.74, 6) is 0.658. The first kappa shape index (κ1) is 17.3. The van der Waals surface area contributed by atoms with Gasteiger partial charge in [-0.25, -0.2) is 0 Å². The minimum absolute atomic E-state index is 0.0497. The van der Waals surface area contributed by atoms with Crippen LogP contribution >= 0.6 is 31.9 Å². The van der Waals surface area contributed by atoms with Crippen LogP contribution in [-0.4, -0.2) is 24.6 Å². The maximum atomic E-state index is 12.1. The molecule has 6 heteroatoms. The lowest BCUT2D eigenvalue weighted by molar-refractivity contribution is -0.122. The first-order valence-corrected chi connectivity index (χ1v) is 7.84. The fraction of sp³-hybridized carbons (Fsp3) is 0.500. The summed E-state index contributed by atoms with van der Waals surface area (Å²) >= 11 is 6.88. The third kappa shape index (κ3) is 4.98. The van der Waals surface area contributed by atoms with Gasteiger partial charge in [0.2, 0.25) is 5.91 Å². The Hall–Kier alpha value is -0.750. The van der Waals surface area contributed by atoms with E-state index >= 15 is 0 Å². The van der Waals surface area contributed by atoms with Gasteiger partial charge in [-0.05, 0) is 65.6 Å². The Morgan fingerprint density at radius 1 is 1.25 bits per heavy atom. The standard InChI is InChI=1S/C14H20Br2N2O2/c1-8(13(19)18-14(2,3)4)17-11-7-12(20-5)10(16)6-9(11)15/h6-8,17H,1-5H3,(H,18,19). The lowest BCUT2D eigenvalue weighted by Crippen LogP contribution is -2.47. The number of carbonyl (C=O) groups excluding carboxylic acids is 1. The average molecular weight is 408 g/mol. The molecule has 0 saturated heterocycles. The summed E-state index contributed by atoms with van der Waals surface area (Å²) in [6, 6.07) is 3.38. The summed E-state index contributed by atoms with van der Waals surface area (Å²) in [4.78, 5) is 12.1. The van der Waals surface area contributed by atoms with Gasteiger partial charge in [-0.1, -0.05) is 0 Å². The van der Waals surface area contributed by atoms with Crippen molar-refractivity contribution in [2.45, 2.75) is 39.3 Å². The number of methoxy groups -OCH3 is 1.